The summed E-state index contributed by atoms with van der Waals surface area (Å²) >= 11 is 0. The molecule has 96 valence electrons. The first-order chi connectivity index (χ1) is 8.53. The molecule has 1 atom stereocenters. The highest BCUT2D eigenvalue weighted by molar-refractivity contribution is 5.23. The molecule has 18 heavy (non-hydrogen) atoms. The van der Waals surface area contributed by atoms with Gasteiger partial charge < -0.3 is 5.11 Å². The molecule has 1 unspecified atom stereocenters. The van der Waals surface area contributed by atoms with Crippen molar-refractivity contribution >= 4 is 0 Å². The fourth-order valence-electron chi connectivity index (χ4n) is 1.92. The number of aliphatic hydroxyl groups is 1. The van der Waals surface area contributed by atoms with E-state index >= 15 is 0 Å². The third-order valence-corrected chi connectivity index (χ3v) is 2.94. The van der Waals surface area contributed by atoms with Crippen LogP contribution in [0.4, 0.5) is 4.39 Å². The van der Waals surface area contributed by atoms with Crippen LogP contribution in [-0.4, -0.2) is 19.9 Å². The summed E-state index contributed by atoms with van der Waals surface area (Å²) in [7, 11) is 0. The summed E-state index contributed by atoms with van der Waals surface area (Å²) in [6, 6.07) is 5.99. The molecule has 0 aliphatic rings. The Kier molecular flexibility index (Phi) is 3.43. The van der Waals surface area contributed by atoms with Crippen molar-refractivity contribution in [3.63, 3.8) is 0 Å². The van der Waals surface area contributed by atoms with Crippen molar-refractivity contribution in [2.24, 2.45) is 0 Å². The molecule has 0 aliphatic heterocycles. The first kappa shape index (κ1) is 12.7. The van der Waals surface area contributed by atoms with Crippen LogP contribution in [0.5, 0.6) is 0 Å². The van der Waals surface area contributed by atoms with Crippen molar-refractivity contribution in [1.82, 2.24) is 14.8 Å². The Morgan fingerprint density at radius 2 is 2.22 bits per heavy atom. The van der Waals surface area contributed by atoms with E-state index in [0.717, 1.165) is 0 Å². The van der Waals surface area contributed by atoms with E-state index in [-0.39, 0.29) is 5.82 Å². The number of nitrogens with zero attached hydrogens (tertiary/aromatic N) is 3. The number of hydrogen-bond donors (Lipinski definition) is 1. The summed E-state index contributed by atoms with van der Waals surface area (Å²) in [5, 5.41) is 14.5. The van der Waals surface area contributed by atoms with Gasteiger partial charge in [-0.2, -0.15) is 5.10 Å². The molecule has 0 spiro atoms. The molecular formula is C13H16FN3O. The van der Waals surface area contributed by atoms with Gasteiger partial charge >= 0.3 is 0 Å². The van der Waals surface area contributed by atoms with Crippen LogP contribution in [0, 0.1) is 5.82 Å². The summed E-state index contributed by atoms with van der Waals surface area (Å²) in [6.45, 7) is 4.29. The predicted octanol–water partition coefficient (Wildman–Crippen LogP) is 1.89. The minimum absolute atomic E-state index is 0.296. The quantitative estimate of drug-likeness (QED) is 0.900. The van der Waals surface area contributed by atoms with E-state index in [1.165, 1.54) is 18.5 Å². The van der Waals surface area contributed by atoms with Gasteiger partial charge in [0.1, 0.15) is 18.0 Å². The maximum absolute atomic E-state index is 13.2. The van der Waals surface area contributed by atoms with Gasteiger partial charge in [0.15, 0.2) is 0 Å². The number of hydrogen-bond acceptors (Lipinski definition) is 3. The second-order valence-electron chi connectivity index (χ2n) is 4.45. The Morgan fingerprint density at radius 3 is 2.89 bits per heavy atom. The Hall–Kier alpha value is -1.75. The van der Waals surface area contributed by atoms with Crippen molar-refractivity contribution in [3.05, 3.63) is 47.8 Å². The van der Waals surface area contributed by atoms with Crippen LogP contribution >= 0.6 is 0 Å². The fourth-order valence-corrected chi connectivity index (χ4v) is 1.92. The van der Waals surface area contributed by atoms with Gasteiger partial charge in [-0.1, -0.05) is 12.1 Å². The maximum Gasteiger partial charge on any atom is 0.138 e. The molecule has 0 amide bonds. The number of halogens is 1. The number of benzene rings is 1. The van der Waals surface area contributed by atoms with E-state index in [2.05, 4.69) is 10.1 Å². The minimum atomic E-state index is -1.16. The Balaban J connectivity index is 2.26. The van der Waals surface area contributed by atoms with Gasteiger partial charge in [0.2, 0.25) is 0 Å². The Labute approximate surface area is 105 Å². The zero-order chi connectivity index (χ0) is 13.2. The van der Waals surface area contributed by atoms with E-state index < -0.39 is 5.60 Å². The fraction of sp³-hybridized carbons (Fsp3) is 0.385. The summed E-state index contributed by atoms with van der Waals surface area (Å²) in [5.41, 5.74) is -0.629. The highest BCUT2D eigenvalue weighted by atomic mass is 19.1. The van der Waals surface area contributed by atoms with Crippen LogP contribution in [0.15, 0.2) is 30.6 Å². The second kappa shape index (κ2) is 4.86. The lowest BCUT2D eigenvalue weighted by Crippen LogP contribution is -2.26. The zero-order valence-electron chi connectivity index (χ0n) is 10.5. The molecule has 0 saturated carbocycles. The van der Waals surface area contributed by atoms with Crippen molar-refractivity contribution in [3.8, 4) is 0 Å². The van der Waals surface area contributed by atoms with E-state index in [1.807, 2.05) is 6.92 Å². The molecule has 2 aromatic rings. The molecule has 5 heteroatoms. The van der Waals surface area contributed by atoms with E-state index in [1.54, 1.807) is 23.7 Å². The average Bonchev–Trinajstić information content (AvgIpc) is 2.75. The molecule has 0 fully saturated rings. The normalized spacial score (nSPS) is 14.4. The van der Waals surface area contributed by atoms with Crippen LogP contribution in [0.1, 0.15) is 25.2 Å². The van der Waals surface area contributed by atoms with Crippen molar-refractivity contribution in [1.29, 1.82) is 0 Å². The number of aryl methyl sites for hydroxylation is 1. The van der Waals surface area contributed by atoms with Gasteiger partial charge in [-0.15, -0.1) is 0 Å². The van der Waals surface area contributed by atoms with Crippen LogP contribution in [-0.2, 0) is 18.6 Å². The molecule has 0 radical (unpaired) electrons. The SMILES string of the molecule is CCn1ncnc1CC(C)(O)c1cccc(F)c1. The lowest BCUT2D eigenvalue weighted by atomic mass is 9.92. The highest BCUT2D eigenvalue weighted by Crippen LogP contribution is 2.24. The summed E-state index contributed by atoms with van der Waals surface area (Å²) < 4.78 is 14.9. The molecule has 1 N–H and O–H groups in total. The number of rotatable bonds is 4. The van der Waals surface area contributed by atoms with E-state index in [9.17, 15) is 9.50 Å². The maximum atomic E-state index is 13.2. The third-order valence-electron chi connectivity index (χ3n) is 2.94. The zero-order valence-corrected chi connectivity index (χ0v) is 10.5. The van der Waals surface area contributed by atoms with E-state index in [0.29, 0.717) is 24.4 Å². The Bertz CT molecular complexity index is 537. The van der Waals surface area contributed by atoms with Gasteiger partial charge in [0.25, 0.3) is 0 Å². The molecule has 0 saturated heterocycles. The molecule has 1 heterocycles. The molecule has 2 rings (SSSR count). The lowest BCUT2D eigenvalue weighted by molar-refractivity contribution is 0.0539. The summed E-state index contributed by atoms with van der Waals surface area (Å²) in [6.07, 6.45) is 1.75. The summed E-state index contributed by atoms with van der Waals surface area (Å²) in [5.74, 6) is 0.330. The van der Waals surface area contributed by atoms with Gasteiger partial charge in [-0.25, -0.2) is 9.37 Å². The molecule has 1 aromatic heterocycles. The average molecular weight is 249 g/mol. The molecule has 4 nitrogen and oxygen atoms in total. The van der Waals surface area contributed by atoms with Gasteiger partial charge in [0, 0.05) is 13.0 Å². The van der Waals surface area contributed by atoms with Crippen LogP contribution in [0.25, 0.3) is 0 Å². The third kappa shape index (κ3) is 2.56. The first-order valence-electron chi connectivity index (χ1n) is 5.88. The van der Waals surface area contributed by atoms with Crippen molar-refractivity contribution in [2.75, 3.05) is 0 Å². The monoisotopic (exact) mass is 249 g/mol. The highest BCUT2D eigenvalue weighted by Gasteiger charge is 2.26. The largest absolute Gasteiger partial charge is 0.385 e. The summed E-state index contributed by atoms with van der Waals surface area (Å²) in [4.78, 5) is 4.12. The molecule has 0 aliphatic carbocycles. The lowest BCUT2D eigenvalue weighted by Gasteiger charge is -2.23. The standard InChI is InChI=1S/C13H16FN3O/c1-3-17-12(15-9-16-17)8-13(2,18)10-5-4-6-11(14)7-10/h4-7,9,18H,3,8H2,1-2H3. The Morgan fingerprint density at radius 1 is 1.44 bits per heavy atom. The molecule has 0 bridgehead atoms. The minimum Gasteiger partial charge on any atom is -0.385 e. The van der Waals surface area contributed by atoms with Gasteiger partial charge in [0.05, 0.1) is 5.60 Å². The topological polar surface area (TPSA) is 50.9 Å². The predicted molar refractivity (Wildman–Crippen MR) is 65.4 cm³/mol. The number of aromatic nitrogens is 3. The second-order valence-corrected chi connectivity index (χ2v) is 4.45. The van der Waals surface area contributed by atoms with Crippen LogP contribution in [0.3, 0.4) is 0 Å². The molecule has 1 aromatic carbocycles. The van der Waals surface area contributed by atoms with Gasteiger partial charge in [-0.3, -0.25) is 4.68 Å². The van der Waals surface area contributed by atoms with Crippen molar-refractivity contribution < 1.29 is 9.50 Å². The van der Waals surface area contributed by atoms with Crippen molar-refractivity contribution in [2.45, 2.75) is 32.4 Å². The van der Waals surface area contributed by atoms with Crippen LogP contribution in [0.2, 0.25) is 0 Å². The van der Waals surface area contributed by atoms with Crippen LogP contribution < -0.4 is 0 Å². The molecular weight excluding hydrogens is 233 g/mol. The smallest absolute Gasteiger partial charge is 0.138 e. The van der Waals surface area contributed by atoms with Gasteiger partial charge in [-0.05, 0) is 31.5 Å². The first-order valence-corrected chi connectivity index (χ1v) is 5.88. The van der Waals surface area contributed by atoms with E-state index in [4.69, 9.17) is 0 Å².